The first-order valence-corrected chi connectivity index (χ1v) is 4.93. The van der Waals surface area contributed by atoms with E-state index < -0.39 is 0 Å². The molecule has 0 aliphatic rings. The zero-order valence-corrected chi connectivity index (χ0v) is 9.06. The second-order valence-corrected chi connectivity index (χ2v) is 3.24. The van der Waals surface area contributed by atoms with Crippen molar-refractivity contribution in [1.82, 2.24) is 5.32 Å². The van der Waals surface area contributed by atoms with E-state index in [-0.39, 0.29) is 0 Å². The smallest absolute Gasteiger partial charge is 0.0145 e. The fourth-order valence-electron chi connectivity index (χ4n) is 0.966. The molecular weight excluding hydrogens is 158 g/mol. The van der Waals surface area contributed by atoms with Gasteiger partial charge in [0.05, 0.1) is 0 Å². The maximum Gasteiger partial charge on any atom is 0.0145 e. The number of hydrogen-bond donors (Lipinski definition) is 1. The zero-order valence-electron chi connectivity index (χ0n) is 9.06. The van der Waals surface area contributed by atoms with E-state index in [0.717, 1.165) is 18.5 Å². The Labute approximate surface area is 82.2 Å². The lowest BCUT2D eigenvalue weighted by Crippen LogP contribution is -2.16. The van der Waals surface area contributed by atoms with E-state index in [0.29, 0.717) is 5.92 Å². The molecule has 0 aromatic rings. The molecule has 1 heteroatoms. The third-order valence-electron chi connectivity index (χ3n) is 2.23. The summed E-state index contributed by atoms with van der Waals surface area (Å²) in [5.74, 6) is 0.528. The van der Waals surface area contributed by atoms with Gasteiger partial charge >= 0.3 is 0 Å². The summed E-state index contributed by atoms with van der Waals surface area (Å²) in [4.78, 5) is 0. The predicted octanol–water partition coefficient (Wildman–Crippen LogP) is 3.62. The van der Waals surface area contributed by atoms with E-state index in [2.05, 4.69) is 39.2 Å². The minimum absolute atomic E-state index is 0.528. The maximum atomic E-state index is 4.01. The lowest BCUT2D eigenvalue weighted by atomic mass is 10.1. The monoisotopic (exact) mass is 179 g/mol. The van der Waals surface area contributed by atoms with Gasteiger partial charge in [0.1, 0.15) is 0 Å². The lowest BCUT2D eigenvalue weighted by molar-refractivity contribution is 0.612. The Hall–Kier alpha value is -0.980. The molecule has 1 atom stereocenters. The number of hydrogen-bond acceptors (Lipinski definition) is 1. The maximum absolute atomic E-state index is 4.01. The highest BCUT2D eigenvalue weighted by Gasteiger charge is 2.03. The Morgan fingerprint density at radius 1 is 1.46 bits per heavy atom. The van der Waals surface area contributed by atoms with Crippen molar-refractivity contribution in [3.63, 3.8) is 0 Å². The van der Waals surface area contributed by atoms with Gasteiger partial charge in [-0.05, 0) is 24.8 Å². The molecule has 0 saturated carbocycles. The molecule has 74 valence electrons. The Balaban J connectivity index is 4.16. The molecule has 0 bridgehead atoms. The first-order chi connectivity index (χ1) is 6.15. The average molecular weight is 179 g/mol. The molecule has 1 unspecified atom stereocenters. The Morgan fingerprint density at radius 3 is 2.46 bits per heavy atom. The van der Waals surface area contributed by atoms with Crippen LogP contribution in [0.25, 0.3) is 0 Å². The van der Waals surface area contributed by atoms with Crippen LogP contribution in [0.1, 0.15) is 33.6 Å². The van der Waals surface area contributed by atoms with E-state index >= 15 is 0 Å². The first kappa shape index (κ1) is 12.0. The summed E-state index contributed by atoms with van der Waals surface area (Å²) in [5.41, 5.74) is 2.28. The van der Waals surface area contributed by atoms with Crippen LogP contribution in [0, 0.1) is 5.92 Å². The second kappa shape index (κ2) is 6.53. The van der Waals surface area contributed by atoms with Crippen molar-refractivity contribution in [3.05, 3.63) is 36.7 Å². The average Bonchev–Trinajstić information content (AvgIpc) is 2.15. The molecule has 1 N–H and O–H groups in total. The van der Waals surface area contributed by atoms with Crippen molar-refractivity contribution in [2.75, 3.05) is 0 Å². The van der Waals surface area contributed by atoms with E-state index in [1.807, 2.05) is 6.08 Å². The van der Waals surface area contributed by atoms with Crippen molar-refractivity contribution >= 4 is 0 Å². The summed E-state index contributed by atoms with van der Waals surface area (Å²) in [6.45, 7) is 14.1. The fourth-order valence-corrected chi connectivity index (χ4v) is 0.966. The number of rotatable bonds is 6. The summed E-state index contributed by atoms with van der Waals surface area (Å²) in [7, 11) is 0. The van der Waals surface area contributed by atoms with Gasteiger partial charge in [-0.1, -0.05) is 40.0 Å². The molecule has 0 aromatic carbocycles. The molecule has 0 rings (SSSR count). The minimum Gasteiger partial charge on any atom is -0.363 e. The molecule has 0 aromatic heterocycles. The molecule has 0 aliphatic heterocycles. The van der Waals surface area contributed by atoms with Gasteiger partial charge in [-0.3, -0.25) is 0 Å². The van der Waals surface area contributed by atoms with Crippen LogP contribution < -0.4 is 5.32 Å². The van der Waals surface area contributed by atoms with Crippen LogP contribution in [0.2, 0.25) is 0 Å². The minimum atomic E-state index is 0.528. The highest BCUT2D eigenvalue weighted by molar-refractivity contribution is 5.14. The highest BCUT2D eigenvalue weighted by atomic mass is 14.9. The van der Waals surface area contributed by atoms with Gasteiger partial charge in [-0.25, -0.2) is 0 Å². The van der Waals surface area contributed by atoms with Crippen molar-refractivity contribution in [3.8, 4) is 0 Å². The Kier molecular flexibility index (Phi) is 6.03. The molecule has 0 saturated heterocycles. The third-order valence-corrected chi connectivity index (χ3v) is 2.23. The van der Waals surface area contributed by atoms with Gasteiger partial charge in [-0.2, -0.15) is 0 Å². The van der Waals surface area contributed by atoms with Crippen LogP contribution in [-0.4, -0.2) is 0 Å². The van der Waals surface area contributed by atoms with Crippen molar-refractivity contribution in [1.29, 1.82) is 0 Å². The first-order valence-electron chi connectivity index (χ1n) is 4.93. The van der Waals surface area contributed by atoms with Crippen molar-refractivity contribution in [2.45, 2.75) is 33.6 Å². The number of allylic oxidation sites excluding steroid dienone is 4. The van der Waals surface area contributed by atoms with Crippen LogP contribution in [-0.2, 0) is 0 Å². The summed E-state index contributed by atoms with van der Waals surface area (Å²) in [6.07, 6.45) is 5.90. The van der Waals surface area contributed by atoms with E-state index in [4.69, 9.17) is 0 Å². The molecule has 0 heterocycles. The third kappa shape index (κ3) is 4.56. The lowest BCUT2D eigenvalue weighted by Gasteiger charge is -2.16. The van der Waals surface area contributed by atoms with E-state index in [1.165, 1.54) is 5.70 Å². The zero-order chi connectivity index (χ0) is 10.3. The molecule has 0 radical (unpaired) electrons. The highest BCUT2D eigenvalue weighted by Crippen LogP contribution is 2.11. The molecule has 0 amide bonds. The van der Waals surface area contributed by atoms with E-state index in [1.54, 1.807) is 6.08 Å². The second-order valence-electron chi connectivity index (χ2n) is 3.24. The Morgan fingerprint density at radius 2 is 2.08 bits per heavy atom. The molecule has 0 aliphatic carbocycles. The standard InChI is InChI=1S/C12H21N/c1-6-9-12(8-3)13-11(5)10(4)7-2/h6,9-10,13H,1,5,7-8H2,2-4H3/b12-9+. The molecule has 0 fully saturated rings. The topological polar surface area (TPSA) is 12.0 Å². The summed E-state index contributed by atoms with van der Waals surface area (Å²) in [5, 5.41) is 3.31. The van der Waals surface area contributed by atoms with Crippen LogP contribution in [0.5, 0.6) is 0 Å². The predicted molar refractivity (Wildman–Crippen MR) is 60.3 cm³/mol. The van der Waals surface area contributed by atoms with Crippen LogP contribution in [0.4, 0.5) is 0 Å². The molecule has 0 spiro atoms. The van der Waals surface area contributed by atoms with Gasteiger partial charge in [0.2, 0.25) is 0 Å². The van der Waals surface area contributed by atoms with Crippen molar-refractivity contribution < 1.29 is 0 Å². The molecule has 13 heavy (non-hydrogen) atoms. The fraction of sp³-hybridized carbons (Fsp3) is 0.500. The van der Waals surface area contributed by atoms with Gasteiger partial charge in [0.15, 0.2) is 0 Å². The van der Waals surface area contributed by atoms with Gasteiger partial charge < -0.3 is 5.32 Å². The summed E-state index contributed by atoms with van der Waals surface area (Å²) < 4.78 is 0. The van der Waals surface area contributed by atoms with Gasteiger partial charge in [0.25, 0.3) is 0 Å². The SMILES string of the molecule is C=C/C=C(\CC)NC(=C)C(C)CC. The summed E-state index contributed by atoms with van der Waals surface area (Å²) >= 11 is 0. The Bertz CT molecular complexity index is 201. The molecular formula is C12H21N. The van der Waals surface area contributed by atoms with Crippen LogP contribution >= 0.6 is 0 Å². The van der Waals surface area contributed by atoms with Crippen LogP contribution in [0.3, 0.4) is 0 Å². The van der Waals surface area contributed by atoms with E-state index in [9.17, 15) is 0 Å². The quantitative estimate of drug-likeness (QED) is 0.614. The van der Waals surface area contributed by atoms with Gasteiger partial charge in [-0.15, -0.1) is 0 Å². The van der Waals surface area contributed by atoms with Gasteiger partial charge in [0, 0.05) is 11.4 Å². The largest absolute Gasteiger partial charge is 0.363 e. The summed E-state index contributed by atoms with van der Waals surface area (Å²) in [6, 6.07) is 0. The van der Waals surface area contributed by atoms with Crippen LogP contribution in [0.15, 0.2) is 36.7 Å². The molecule has 1 nitrogen and oxygen atoms in total. The van der Waals surface area contributed by atoms with Crippen molar-refractivity contribution in [2.24, 2.45) is 5.92 Å². The number of nitrogens with one attached hydrogen (secondary N) is 1. The normalized spacial score (nSPS) is 13.6.